The zero-order chi connectivity index (χ0) is 20.9. The largest absolute Gasteiger partial charge is 0.462 e. The summed E-state index contributed by atoms with van der Waals surface area (Å²) in [6.07, 6.45) is 3.78. The van der Waals surface area contributed by atoms with Gasteiger partial charge < -0.3 is 4.74 Å². The van der Waals surface area contributed by atoms with Crippen molar-refractivity contribution in [1.82, 2.24) is 4.98 Å². The van der Waals surface area contributed by atoms with Crippen molar-refractivity contribution >= 4 is 40.6 Å². The van der Waals surface area contributed by atoms with Crippen LogP contribution in [0.5, 0.6) is 0 Å². The molecule has 0 aliphatic rings. The lowest BCUT2D eigenvalue weighted by atomic mass is 9.93. The van der Waals surface area contributed by atoms with Gasteiger partial charge in [-0.05, 0) is 42.3 Å². The summed E-state index contributed by atoms with van der Waals surface area (Å²) in [6.45, 7) is 2.10. The number of hydrogen-bond donors (Lipinski definition) is 0. The van der Waals surface area contributed by atoms with Gasteiger partial charge in [0.05, 0.1) is 23.4 Å². The van der Waals surface area contributed by atoms with Gasteiger partial charge in [0, 0.05) is 16.0 Å². The molecule has 1 aromatic heterocycles. The predicted molar refractivity (Wildman–Crippen MR) is 124 cm³/mol. The lowest BCUT2D eigenvalue weighted by Crippen LogP contribution is -2.10. The number of pyridine rings is 1. The molecule has 4 rings (SSSR count). The summed E-state index contributed by atoms with van der Waals surface area (Å²) in [5.41, 5.74) is 4.59. The second-order valence-corrected chi connectivity index (χ2v) is 7.17. The van der Waals surface area contributed by atoms with E-state index in [2.05, 4.69) is 0 Å². The summed E-state index contributed by atoms with van der Waals surface area (Å²) >= 11 is 5.99. The molecule has 3 aromatic carbocycles. The van der Waals surface area contributed by atoms with Gasteiger partial charge in [-0.25, -0.2) is 9.78 Å². The maximum Gasteiger partial charge on any atom is 0.340 e. The first kappa shape index (κ1) is 19.9. The number of carbonyl (C=O) groups excluding carboxylic acids is 1. The lowest BCUT2D eigenvalue weighted by molar-refractivity contribution is 0.0527. The third kappa shape index (κ3) is 4.12. The molecule has 148 valence electrons. The zero-order valence-corrected chi connectivity index (χ0v) is 17.3. The molecule has 0 fully saturated rings. The number of benzene rings is 3. The third-order valence-corrected chi connectivity index (χ3v) is 5.02. The molecule has 0 saturated heterocycles. The number of nitrogens with zero attached hydrogens (tertiary/aromatic N) is 1. The molecule has 0 spiro atoms. The van der Waals surface area contributed by atoms with Crippen molar-refractivity contribution in [2.24, 2.45) is 0 Å². The van der Waals surface area contributed by atoms with Gasteiger partial charge in [0.2, 0.25) is 0 Å². The number of aromatic nitrogens is 1. The maximum atomic E-state index is 13.0. The van der Waals surface area contributed by atoms with Gasteiger partial charge in [-0.15, -0.1) is 0 Å². The topological polar surface area (TPSA) is 39.2 Å². The quantitative estimate of drug-likeness (QED) is 0.334. The summed E-state index contributed by atoms with van der Waals surface area (Å²) in [6, 6.07) is 25.2. The van der Waals surface area contributed by atoms with E-state index >= 15 is 0 Å². The number of ether oxygens (including phenoxy) is 1. The molecule has 3 nitrogen and oxygen atoms in total. The summed E-state index contributed by atoms with van der Waals surface area (Å²) in [4.78, 5) is 17.8. The van der Waals surface area contributed by atoms with Crippen LogP contribution >= 0.6 is 11.6 Å². The first-order valence-corrected chi connectivity index (χ1v) is 10.1. The van der Waals surface area contributed by atoms with Crippen LogP contribution in [0.15, 0.2) is 78.9 Å². The molecule has 0 radical (unpaired) electrons. The van der Waals surface area contributed by atoms with Crippen LogP contribution in [0, 0.1) is 0 Å². The van der Waals surface area contributed by atoms with E-state index in [0.29, 0.717) is 22.9 Å². The number of halogens is 1. The van der Waals surface area contributed by atoms with Gasteiger partial charge in [0.1, 0.15) is 0 Å². The van der Waals surface area contributed by atoms with Crippen LogP contribution < -0.4 is 0 Å². The van der Waals surface area contributed by atoms with E-state index in [1.165, 1.54) is 0 Å². The van der Waals surface area contributed by atoms with Crippen LogP contribution in [0.25, 0.3) is 34.2 Å². The van der Waals surface area contributed by atoms with Crippen LogP contribution in [0.3, 0.4) is 0 Å². The molecule has 0 unspecified atom stereocenters. The van der Waals surface area contributed by atoms with Crippen LogP contribution in [0.4, 0.5) is 0 Å². The van der Waals surface area contributed by atoms with E-state index < -0.39 is 0 Å². The smallest absolute Gasteiger partial charge is 0.340 e. The van der Waals surface area contributed by atoms with E-state index in [0.717, 1.165) is 27.6 Å². The summed E-state index contributed by atoms with van der Waals surface area (Å²) in [5.74, 6) is -0.384. The normalized spacial score (nSPS) is 11.1. The Morgan fingerprint density at radius 3 is 2.37 bits per heavy atom. The highest BCUT2D eigenvalue weighted by atomic mass is 35.5. The van der Waals surface area contributed by atoms with Crippen molar-refractivity contribution in [3.8, 4) is 11.1 Å². The number of fused-ring (bicyclic) bond motifs is 1. The van der Waals surface area contributed by atoms with E-state index in [1.54, 1.807) is 6.92 Å². The highest BCUT2D eigenvalue weighted by Crippen LogP contribution is 2.34. The number of carbonyl (C=O) groups is 1. The SMILES string of the molecule is CCOC(=O)c1c(/C=C/c2ccc(Cl)cc2)nc2ccccc2c1-c1ccccc1. The molecule has 4 heteroatoms. The molecule has 0 amide bonds. The van der Waals surface area contributed by atoms with Gasteiger partial charge in [-0.1, -0.05) is 78.3 Å². The zero-order valence-electron chi connectivity index (χ0n) is 16.5. The Balaban J connectivity index is 1.97. The summed E-state index contributed by atoms with van der Waals surface area (Å²) < 4.78 is 5.42. The van der Waals surface area contributed by atoms with Crippen molar-refractivity contribution in [1.29, 1.82) is 0 Å². The molecular weight excluding hydrogens is 394 g/mol. The second kappa shape index (κ2) is 8.93. The second-order valence-electron chi connectivity index (χ2n) is 6.74. The number of esters is 1. The Morgan fingerprint density at radius 2 is 1.63 bits per heavy atom. The van der Waals surface area contributed by atoms with Crippen molar-refractivity contribution in [2.75, 3.05) is 6.61 Å². The highest BCUT2D eigenvalue weighted by Gasteiger charge is 2.22. The lowest BCUT2D eigenvalue weighted by Gasteiger charge is -2.15. The molecule has 0 aliphatic heterocycles. The fourth-order valence-electron chi connectivity index (χ4n) is 3.42. The molecule has 4 aromatic rings. The van der Waals surface area contributed by atoms with Gasteiger partial charge >= 0.3 is 5.97 Å². The average molecular weight is 414 g/mol. The molecule has 1 heterocycles. The monoisotopic (exact) mass is 413 g/mol. The summed E-state index contributed by atoms with van der Waals surface area (Å²) in [5, 5.41) is 1.59. The Bertz CT molecular complexity index is 1220. The van der Waals surface area contributed by atoms with Gasteiger partial charge in [-0.2, -0.15) is 0 Å². The van der Waals surface area contributed by atoms with E-state index in [-0.39, 0.29) is 5.97 Å². The van der Waals surface area contributed by atoms with Crippen molar-refractivity contribution in [3.05, 3.63) is 101 Å². The first-order valence-electron chi connectivity index (χ1n) is 9.76. The summed E-state index contributed by atoms with van der Waals surface area (Å²) in [7, 11) is 0. The van der Waals surface area contributed by atoms with Crippen molar-refractivity contribution in [3.63, 3.8) is 0 Å². The molecule has 0 N–H and O–H groups in total. The van der Waals surface area contributed by atoms with E-state index in [4.69, 9.17) is 21.3 Å². The van der Waals surface area contributed by atoms with Gasteiger partial charge in [-0.3, -0.25) is 0 Å². The minimum Gasteiger partial charge on any atom is -0.462 e. The minimum atomic E-state index is -0.384. The Morgan fingerprint density at radius 1 is 0.933 bits per heavy atom. The van der Waals surface area contributed by atoms with Crippen molar-refractivity contribution < 1.29 is 9.53 Å². The predicted octanol–water partition coefficient (Wildman–Crippen LogP) is 6.90. The first-order chi connectivity index (χ1) is 14.7. The number of hydrogen-bond acceptors (Lipinski definition) is 3. The Hall–Kier alpha value is -3.43. The average Bonchev–Trinajstić information content (AvgIpc) is 2.78. The Labute approximate surface area is 180 Å². The minimum absolute atomic E-state index is 0.292. The highest BCUT2D eigenvalue weighted by molar-refractivity contribution is 6.30. The number of rotatable bonds is 5. The Kier molecular flexibility index (Phi) is 5.92. The van der Waals surface area contributed by atoms with Crippen LogP contribution in [0.2, 0.25) is 5.02 Å². The van der Waals surface area contributed by atoms with Crippen LogP contribution in [0.1, 0.15) is 28.5 Å². The molecule has 30 heavy (non-hydrogen) atoms. The third-order valence-electron chi connectivity index (χ3n) is 4.77. The molecule has 0 aliphatic carbocycles. The maximum absolute atomic E-state index is 13.0. The van der Waals surface area contributed by atoms with Crippen LogP contribution in [-0.2, 0) is 4.74 Å². The van der Waals surface area contributed by atoms with Crippen LogP contribution in [-0.4, -0.2) is 17.6 Å². The molecular formula is C26H20ClNO2. The molecule has 0 saturated carbocycles. The fourth-order valence-corrected chi connectivity index (χ4v) is 3.54. The standard InChI is InChI=1S/C26H20ClNO2/c1-2-30-26(29)25-23(17-14-18-12-15-20(27)16-13-18)28-22-11-7-6-10-21(22)24(25)19-8-4-3-5-9-19/h3-17H,2H2,1H3/b17-14+. The molecule has 0 bridgehead atoms. The van der Waals surface area contributed by atoms with E-state index in [9.17, 15) is 4.79 Å². The fraction of sp³-hybridized carbons (Fsp3) is 0.0769. The van der Waals surface area contributed by atoms with E-state index in [1.807, 2.05) is 91.0 Å². The van der Waals surface area contributed by atoms with Crippen molar-refractivity contribution in [2.45, 2.75) is 6.92 Å². The number of para-hydroxylation sites is 1. The van der Waals surface area contributed by atoms with Gasteiger partial charge in [0.25, 0.3) is 0 Å². The molecule has 0 atom stereocenters. The van der Waals surface area contributed by atoms with Gasteiger partial charge in [0.15, 0.2) is 0 Å².